The second kappa shape index (κ2) is 5.34. The fourth-order valence-corrected chi connectivity index (χ4v) is 3.61. The van der Waals surface area contributed by atoms with E-state index in [1.54, 1.807) is 0 Å². The summed E-state index contributed by atoms with van der Waals surface area (Å²) in [6.45, 7) is 5.03. The molecule has 2 heteroatoms. The summed E-state index contributed by atoms with van der Waals surface area (Å²) < 4.78 is 1.19. The van der Waals surface area contributed by atoms with E-state index in [4.69, 9.17) is 0 Å². The lowest BCUT2D eigenvalue weighted by Gasteiger charge is -2.20. The summed E-state index contributed by atoms with van der Waals surface area (Å²) in [6.07, 6.45) is 5.61. The van der Waals surface area contributed by atoms with Crippen LogP contribution in [0.15, 0.2) is 28.7 Å². The van der Waals surface area contributed by atoms with Gasteiger partial charge < -0.3 is 4.90 Å². The Hall–Kier alpha value is -0.340. The van der Waals surface area contributed by atoms with Crippen LogP contribution < -0.4 is 0 Å². The van der Waals surface area contributed by atoms with E-state index >= 15 is 0 Å². The minimum absolute atomic E-state index is 0.829. The molecule has 0 unspecified atom stereocenters. The number of rotatable bonds is 4. The van der Waals surface area contributed by atoms with Crippen molar-refractivity contribution in [2.75, 3.05) is 13.1 Å². The molecule has 0 N–H and O–H groups in total. The van der Waals surface area contributed by atoms with Gasteiger partial charge in [0, 0.05) is 10.5 Å². The molecule has 1 aliphatic heterocycles. The van der Waals surface area contributed by atoms with Gasteiger partial charge in [-0.15, -0.1) is 0 Å². The summed E-state index contributed by atoms with van der Waals surface area (Å²) in [4.78, 5) is 2.68. The Bertz CT molecular complexity index is 400. The second-order valence-corrected chi connectivity index (χ2v) is 6.89. The molecule has 0 aromatic heterocycles. The van der Waals surface area contributed by atoms with E-state index < -0.39 is 0 Å². The summed E-state index contributed by atoms with van der Waals surface area (Å²) >= 11 is 3.51. The molecule has 3 atom stereocenters. The smallest absolute Gasteiger partial charge is 0.0175 e. The summed E-state index contributed by atoms with van der Waals surface area (Å²) in [5.41, 5.74) is 1.54. The van der Waals surface area contributed by atoms with Crippen molar-refractivity contribution in [3.63, 3.8) is 0 Å². The highest BCUT2D eigenvalue weighted by Crippen LogP contribution is 2.49. The van der Waals surface area contributed by atoms with Crippen LogP contribution in [0.1, 0.15) is 44.1 Å². The number of halogens is 1. The maximum Gasteiger partial charge on any atom is 0.0175 e. The first-order valence-corrected chi connectivity index (χ1v) is 8.03. The number of benzene rings is 1. The number of likely N-dealkylation sites (tertiary alicyclic amines) is 1. The molecule has 0 amide bonds. The van der Waals surface area contributed by atoms with Crippen LogP contribution in [-0.4, -0.2) is 24.0 Å². The molecule has 98 valence electrons. The van der Waals surface area contributed by atoms with Crippen LogP contribution in [0.2, 0.25) is 0 Å². The molecule has 1 aromatic carbocycles. The monoisotopic (exact) mass is 307 g/mol. The van der Waals surface area contributed by atoms with E-state index in [0.29, 0.717) is 0 Å². The van der Waals surface area contributed by atoms with Gasteiger partial charge in [0.05, 0.1) is 0 Å². The molecule has 1 aromatic rings. The molecular formula is C16H22BrN. The van der Waals surface area contributed by atoms with E-state index in [1.165, 1.54) is 48.8 Å². The maximum atomic E-state index is 3.51. The summed E-state index contributed by atoms with van der Waals surface area (Å²) in [5.74, 6) is 1.79. The van der Waals surface area contributed by atoms with Crippen molar-refractivity contribution >= 4 is 15.9 Å². The first-order chi connectivity index (χ1) is 8.74. The molecule has 1 nitrogen and oxygen atoms in total. The van der Waals surface area contributed by atoms with Crippen molar-refractivity contribution in [2.24, 2.45) is 5.92 Å². The molecule has 0 spiro atoms. The third-order valence-electron chi connectivity index (χ3n) is 4.70. The van der Waals surface area contributed by atoms with E-state index in [2.05, 4.69) is 52.0 Å². The van der Waals surface area contributed by atoms with Gasteiger partial charge in [-0.25, -0.2) is 0 Å². The van der Waals surface area contributed by atoms with Gasteiger partial charge in [0.15, 0.2) is 0 Å². The molecule has 0 bridgehead atoms. The summed E-state index contributed by atoms with van der Waals surface area (Å²) in [5, 5.41) is 0. The Morgan fingerprint density at radius 2 is 2.06 bits per heavy atom. The number of hydrogen-bond acceptors (Lipinski definition) is 1. The summed E-state index contributed by atoms with van der Waals surface area (Å²) in [7, 11) is 0. The fourth-order valence-electron chi connectivity index (χ4n) is 3.34. The largest absolute Gasteiger partial charge is 0.301 e. The first-order valence-electron chi connectivity index (χ1n) is 7.23. The topological polar surface area (TPSA) is 3.24 Å². The van der Waals surface area contributed by atoms with Gasteiger partial charge in [0.25, 0.3) is 0 Å². The van der Waals surface area contributed by atoms with Gasteiger partial charge in [0.1, 0.15) is 0 Å². The third kappa shape index (κ3) is 2.80. The van der Waals surface area contributed by atoms with Crippen LogP contribution in [0.3, 0.4) is 0 Å². The van der Waals surface area contributed by atoms with Crippen LogP contribution >= 0.6 is 15.9 Å². The van der Waals surface area contributed by atoms with Crippen LogP contribution in [0.25, 0.3) is 0 Å². The highest BCUT2D eigenvalue weighted by Gasteiger charge is 2.38. The third-order valence-corrected chi connectivity index (χ3v) is 5.23. The van der Waals surface area contributed by atoms with Crippen LogP contribution in [0, 0.1) is 5.92 Å². The number of nitrogens with zero attached hydrogens (tertiary/aromatic N) is 1. The van der Waals surface area contributed by atoms with Crippen LogP contribution in [0.5, 0.6) is 0 Å². The molecule has 1 saturated heterocycles. The molecular weight excluding hydrogens is 286 g/mol. The van der Waals surface area contributed by atoms with E-state index in [1.807, 2.05) is 0 Å². The predicted octanol–water partition coefficient (Wildman–Crippen LogP) is 4.43. The van der Waals surface area contributed by atoms with Gasteiger partial charge in [0.2, 0.25) is 0 Å². The zero-order valence-electron chi connectivity index (χ0n) is 11.1. The average molecular weight is 308 g/mol. The van der Waals surface area contributed by atoms with Crippen molar-refractivity contribution < 1.29 is 0 Å². The lowest BCUT2D eigenvalue weighted by Crippen LogP contribution is -2.28. The van der Waals surface area contributed by atoms with Gasteiger partial charge in [-0.3, -0.25) is 0 Å². The van der Waals surface area contributed by atoms with Gasteiger partial charge in [-0.1, -0.05) is 28.1 Å². The fraction of sp³-hybridized carbons (Fsp3) is 0.625. The molecule has 1 aliphatic carbocycles. The Kier molecular flexibility index (Phi) is 3.76. The zero-order chi connectivity index (χ0) is 12.5. The minimum atomic E-state index is 0.829. The van der Waals surface area contributed by atoms with Crippen molar-refractivity contribution in [2.45, 2.75) is 44.6 Å². The maximum absolute atomic E-state index is 3.51. The van der Waals surface area contributed by atoms with Gasteiger partial charge in [-0.2, -0.15) is 0 Å². The van der Waals surface area contributed by atoms with Crippen molar-refractivity contribution in [1.29, 1.82) is 0 Å². The Balaban J connectivity index is 1.48. The first kappa shape index (κ1) is 12.7. The molecule has 0 radical (unpaired) electrons. The van der Waals surface area contributed by atoms with Crippen molar-refractivity contribution in [1.82, 2.24) is 4.90 Å². The van der Waals surface area contributed by atoms with Gasteiger partial charge >= 0.3 is 0 Å². The van der Waals surface area contributed by atoms with E-state index in [0.717, 1.165) is 17.9 Å². The van der Waals surface area contributed by atoms with Crippen molar-refractivity contribution in [3.05, 3.63) is 34.3 Å². The molecule has 3 rings (SSSR count). The van der Waals surface area contributed by atoms with Crippen LogP contribution in [0.4, 0.5) is 0 Å². The quantitative estimate of drug-likeness (QED) is 0.795. The molecule has 2 aliphatic rings. The van der Waals surface area contributed by atoms with Gasteiger partial charge in [-0.05, 0) is 75.2 Å². The predicted molar refractivity (Wildman–Crippen MR) is 79.9 cm³/mol. The van der Waals surface area contributed by atoms with E-state index in [9.17, 15) is 0 Å². The van der Waals surface area contributed by atoms with E-state index in [-0.39, 0.29) is 0 Å². The standard InChI is InChI=1S/C16H22BrN/c1-12-3-2-9-18(12)10-8-14-11-16(14)13-4-6-15(17)7-5-13/h4-7,12,14,16H,2-3,8-11H2,1H3/t12-,14+,16+/m1/s1. The number of hydrogen-bond donors (Lipinski definition) is 0. The Morgan fingerprint density at radius 3 is 2.72 bits per heavy atom. The zero-order valence-corrected chi connectivity index (χ0v) is 12.7. The highest BCUT2D eigenvalue weighted by molar-refractivity contribution is 9.10. The lowest BCUT2D eigenvalue weighted by atomic mass is 10.1. The van der Waals surface area contributed by atoms with Crippen LogP contribution in [-0.2, 0) is 0 Å². The average Bonchev–Trinajstić information content (AvgIpc) is 3.03. The highest BCUT2D eigenvalue weighted by atomic mass is 79.9. The Labute approximate surface area is 119 Å². The molecule has 2 fully saturated rings. The molecule has 1 saturated carbocycles. The lowest BCUT2D eigenvalue weighted by molar-refractivity contribution is 0.260. The minimum Gasteiger partial charge on any atom is -0.301 e. The molecule has 18 heavy (non-hydrogen) atoms. The second-order valence-electron chi connectivity index (χ2n) is 5.97. The van der Waals surface area contributed by atoms with Crippen molar-refractivity contribution in [3.8, 4) is 0 Å². The molecule has 1 heterocycles. The SMILES string of the molecule is C[C@@H]1CCCN1CC[C@H]1C[C@H]1c1ccc(Br)cc1. The normalized spacial score (nSPS) is 31.8. The summed E-state index contributed by atoms with van der Waals surface area (Å²) in [6, 6.07) is 9.75. The Morgan fingerprint density at radius 1 is 1.28 bits per heavy atom.